The molecule has 0 aromatic heterocycles. The molecule has 178 valence electrons. The van der Waals surface area contributed by atoms with E-state index >= 15 is 0 Å². The van der Waals surface area contributed by atoms with Crippen molar-refractivity contribution in [2.75, 3.05) is 7.11 Å². The Kier molecular flexibility index (Phi) is 7.72. The number of hydrogen-bond donors (Lipinski definition) is 0. The number of nitrogens with zero attached hydrogens (tertiary/aromatic N) is 2. The van der Waals surface area contributed by atoms with E-state index in [4.69, 9.17) is 25.8 Å². The highest BCUT2D eigenvalue weighted by Crippen LogP contribution is 2.36. The maximum Gasteiger partial charge on any atom is 0.363 e. The Morgan fingerprint density at radius 1 is 1.23 bits per heavy atom. The maximum absolute atomic E-state index is 12.4. The van der Waals surface area contributed by atoms with Crippen LogP contribution in [0.4, 0.5) is 5.69 Å². The second kappa shape index (κ2) is 10.8. The molecule has 0 saturated carbocycles. The van der Waals surface area contributed by atoms with Crippen LogP contribution in [-0.4, -0.2) is 23.9 Å². The summed E-state index contributed by atoms with van der Waals surface area (Å²) in [4.78, 5) is 27.2. The number of hydrogen-bond acceptors (Lipinski definition) is 7. The van der Waals surface area contributed by atoms with Crippen LogP contribution < -0.4 is 9.47 Å². The summed E-state index contributed by atoms with van der Waals surface area (Å²) in [5.41, 5.74) is 1.58. The zero-order valence-corrected chi connectivity index (χ0v) is 22.5. The van der Waals surface area contributed by atoms with Gasteiger partial charge in [0.2, 0.25) is 5.90 Å². The predicted molar refractivity (Wildman–Crippen MR) is 143 cm³/mol. The van der Waals surface area contributed by atoms with E-state index < -0.39 is 10.9 Å². The van der Waals surface area contributed by atoms with Gasteiger partial charge in [0.05, 0.1) is 26.2 Å². The Bertz CT molecular complexity index is 1410. The minimum atomic E-state index is -0.703. The number of rotatable bonds is 7. The number of esters is 1. The number of cyclic esters (lactones) is 1. The van der Waals surface area contributed by atoms with E-state index in [1.54, 1.807) is 6.07 Å². The zero-order valence-electron chi connectivity index (χ0n) is 18.0. The Morgan fingerprint density at radius 2 is 2.00 bits per heavy atom. The first-order chi connectivity index (χ1) is 16.8. The molecule has 0 unspecified atom stereocenters. The average Bonchev–Trinajstić information content (AvgIpc) is 3.18. The molecule has 0 radical (unpaired) electrons. The quantitative estimate of drug-likeness (QED) is 0.0931. The van der Waals surface area contributed by atoms with E-state index in [0.29, 0.717) is 23.7 Å². The van der Waals surface area contributed by atoms with Gasteiger partial charge in [0, 0.05) is 22.2 Å². The summed E-state index contributed by atoms with van der Waals surface area (Å²) in [5.74, 6) is 0.233. The summed E-state index contributed by atoms with van der Waals surface area (Å²) in [6.07, 6.45) is 1.53. The SMILES string of the molecule is COc1cc(/C=C2\N=C(c3cc([N+](=O)[O-])ccc3Cl)OC2=O)cc(I)c1OCc1ccccc1Br. The van der Waals surface area contributed by atoms with Crippen molar-refractivity contribution < 1.29 is 23.9 Å². The number of nitro benzene ring substituents is 1. The van der Waals surface area contributed by atoms with Gasteiger partial charge in [0.25, 0.3) is 5.69 Å². The first-order valence-electron chi connectivity index (χ1n) is 9.97. The monoisotopic (exact) mass is 668 g/mol. The number of non-ortho nitro benzene ring substituents is 1. The van der Waals surface area contributed by atoms with Crippen LogP contribution in [0.1, 0.15) is 16.7 Å². The van der Waals surface area contributed by atoms with Gasteiger partial charge in [0.1, 0.15) is 6.61 Å². The van der Waals surface area contributed by atoms with Crippen LogP contribution in [0.5, 0.6) is 11.5 Å². The van der Waals surface area contributed by atoms with Crippen molar-refractivity contribution >= 4 is 73.8 Å². The molecule has 1 aliphatic rings. The van der Waals surface area contributed by atoms with Gasteiger partial charge in [-0.2, -0.15) is 0 Å². The highest BCUT2D eigenvalue weighted by molar-refractivity contribution is 14.1. The standard InChI is InChI=1S/C24H15BrClIN2O6/c1-33-21-10-13(8-19(27)22(21)34-12-14-4-2-3-5-17(14)25)9-20-24(30)35-23(28-20)16-11-15(29(31)32)6-7-18(16)26/h2-11H,12H2,1H3/b20-9-. The fourth-order valence-corrected chi connectivity index (χ4v) is 4.58. The number of ether oxygens (including phenoxy) is 3. The first-order valence-corrected chi connectivity index (χ1v) is 12.2. The smallest absolute Gasteiger partial charge is 0.363 e. The summed E-state index contributed by atoms with van der Waals surface area (Å²) in [6, 6.07) is 15.1. The third-order valence-corrected chi connectivity index (χ3v) is 6.80. The Balaban J connectivity index is 1.63. The summed E-state index contributed by atoms with van der Waals surface area (Å²) >= 11 is 11.8. The Hall–Kier alpha value is -2.96. The molecule has 3 aromatic carbocycles. The van der Waals surface area contributed by atoms with Gasteiger partial charge in [-0.15, -0.1) is 0 Å². The third kappa shape index (κ3) is 5.65. The van der Waals surface area contributed by atoms with Gasteiger partial charge in [0.15, 0.2) is 17.2 Å². The molecule has 0 saturated heterocycles. The fourth-order valence-electron chi connectivity index (χ4n) is 3.20. The topological polar surface area (TPSA) is 100 Å². The highest BCUT2D eigenvalue weighted by Gasteiger charge is 2.27. The van der Waals surface area contributed by atoms with Crippen molar-refractivity contribution in [2.45, 2.75) is 6.61 Å². The van der Waals surface area contributed by atoms with Crippen LogP contribution >= 0.6 is 50.1 Å². The number of halogens is 3. The molecule has 0 N–H and O–H groups in total. The van der Waals surface area contributed by atoms with Crippen LogP contribution in [0, 0.1) is 13.7 Å². The molecule has 4 rings (SSSR count). The van der Waals surface area contributed by atoms with Crippen molar-refractivity contribution in [2.24, 2.45) is 4.99 Å². The molecule has 0 aliphatic carbocycles. The molecule has 8 nitrogen and oxygen atoms in total. The Morgan fingerprint density at radius 3 is 2.71 bits per heavy atom. The van der Waals surface area contributed by atoms with Gasteiger partial charge in [-0.3, -0.25) is 10.1 Å². The minimum absolute atomic E-state index is 0.0160. The first kappa shape index (κ1) is 25.1. The van der Waals surface area contributed by atoms with Crippen molar-refractivity contribution in [1.29, 1.82) is 0 Å². The highest BCUT2D eigenvalue weighted by atomic mass is 127. The summed E-state index contributed by atoms with van der Waals surface area (Å²) in [7, 11) is 1.53. The van der Waals surface area contributed by atoms with Gasteiger partial charge in [-0.1, -0.05) is 45.7 Å². The molecular formula is C24H15BrClIN2O6. The molecule has 0 atom stereocenters. The number of aliphatic imine (C=N–C) groups is 1. The summed E-state index contributed by atoms with van der Waals surface area (Å²) in [6.45, 7) is 0.332. The fraction of sp³-hybridized carbons (Fsp3) is 0.0833. The lowest BCUT2D eigenvalue weighted by Gasteiger charge is -2.14. The normalized spacial score (nSPS) is 14.0. The van der Waals surface area contributed by atoms with Crippen LogP contribution in [-0.2, 0) is 16.1 Å². The molecular weight excluding hydrogens is 655 g/mol. The van der Waals surface area contributed by atoms with Crippen LogP contribution in [0.15, 0.2) is 69.8 Å². The Labute approximate surface area is 227 Å². The van der Waals surface area contributed by atoms with E-state index in [-0.39, 0.29) is 27.9 Å². The second-order valence-corrected chi connectivity index (χ2v) is 9.60. The van der Waals surface area contributed by atoms with Crippen LogP contribution in [0.3, 0.4) is 0 Å². The molecule has 0 amide bonds. The average molecular weight is 670 g/mol. The van der Waals surface area contributed by atoms with E-state index in [1.807, 2.05) is 30.3 Å². The van der Waals surface area contributed by atoms with Gasteiger partial charge in [-0.05, 0) is 58.5 Å². The minimum Gasteiger partial charge on any atom is -0.493 e. The van der Waals surface area contributed by atoms with E-state index in [1.165, 1.54) is 31.4 Å². The number of nitro groups is 1. The lowest BCUT2D eigenvalue weighted by atomic mass is 10.1. The maximum atomic E-state index is 12.4. The lowest BCUT2D eigenvalue weighted by molar-refractivity contribution is -0.384. The number of carbonyl (C=O) groups is 1. The molecule has 1 heterocycles. The molecule has 0 bridgehead atoms. The summed E-state index contributed by atoms with van der Waals surface area (Å²) < 4.78 is 18.5. The third-order valence-electron chi connectivity index (χ3n) is 4.90. The van der Waals surface area contributed by atoms with Gasteiger partial charge < -0.3 is 14.2 Å². The van der Waals surface area contributed by atoms with E-state index in [9.17, 15) is 14.9 Å². The van der Waals surface area contributed by atoms with Gasteiger partial charge in [-0.25, -0.2) is 9.79 Å². The van der Waals surface area contributed by atoms with Crippen LogP contribution in [0.2, 0.25) is 5.02 Å². The number of benzene rings is 3. The molecule has 1 aliphatic heterocycles. The molecule has 11 heteroatoms. The number of methoxy groups -OCH3 is 1. The predicted octanol–water partition coefficient (Wildman–Crippen LogP) is 6.55. The molecule has 0 fully saturated rings. The van der Waals surface area contributed by atoms with Crippen LogP contribution in [0.25, 0.3) is 6.08 Å². The molecule has 0 spiro atoms. The second-order valence-electron chi connectivity index (χ2n) is 7.17. The molecule has 3 aromatic rings. The van der Waals surface area contributed by atoms with Crippen molar-refractivity contribution in [1.82, 2.24) is 0 Å². The largest absolute Gasteiger partial charge is 0.493 e. The van der Waals surface area contributed by atoms with Crippen molar-refractivity contribution in [3.8, 4) is 11.5 Å². The summed E-state index contributed by atoms with van der Waals surface area (Å²) in [5, 5.41) is 11.3. The number of carbonyl (C=O) groups excluding carboxylic acids is 1. The van der Waals surface area contributed by atoms with E-state index in [2.05, 4.69) is 43.5 Å². The molecule has 35 heavy (non-hydrogen) atoms. The lowest BCUT2D eigenvalue weighted by Crippen LogP contribution is -2.06. The van der Waals surface area contributed by atoms with Crippen molar-refractivity contribution in [3.05, 3.63) is 100 Å². The van der Waals surface area contributed by atoms with E-state index in [0.717, 1.165) is 13.6 Å². The zero-order chi connectivity index (χ0) is 25.1. The van der Waals surface area contributed by atoms with Gasteiger partial charge >= 0.3 is 5.97 Å². The van der Waals surface area contributed by atoms with Crippen molar-refractivity contribution in [3.63, 3.8) is 0 Å².